The largest absolute Gasteiger partial charge is 0.465 e. The molecule has 0 radical (unpaired) electrons. The lowest BCUT2D eigenvalue weighted by molar-refractivity contribution is 0.0601. The van der Waals surface area contributed by atoms with Crippen LogP contribution in [0.3, 0.4) is 0 Å². The van der Waals surface area contributed by atoms with Gasteiger partial charge < -0.3 is 15.4 Å². The van der Waals surface area contributed by atoms with Gasteiger partial charge in [-0.2, -0.15) is 0 Å². The first-order valence-electron chi connectivity index (χ1n) is 6.24. The Bertz CT molecular complexity index is 416. The van der Waals surface area contributed by atoms with Crippen molar-refractivity contribution in [3.05, 3.63) is 29.8 Å². The second kappa shape index (κ2) is 4.98. The molecule has 0 spiro atoms. The molecule has 1 aromatic carbocycles. The second-order valence-electron chi connectivity index (χ2n) is 5.18. The second-order valence-corrected chi connectivity index (χ2v) is 5.18. The lowest BCUT2D eigenvalue weighted by atomic mass is 9.91. The monoisotopic (exact) mass is 248 g/mol. The number of rotatable bonds is 2. The van der Waals surface area contributed by atoms with Crippen LogP contribution in [-0.4, -0.2) is 31.7 Å². The number of nitrogens with two attached hydrogens (primary N) is 1. The van der Waals surface area contributed by atoms with E-state index in [0.29, 0.717) is 5.56 Å². The topological polar surface area (TPSA) is 55.6 Å². The van der Waals surface area contributed by atoms with E-state index in [4.69, 9.17) is 5.73 Å². The summed E-state index contributed by atoms with van der Waals surface area (Å²) in [5.74, 6) is -0.297. The average molecular weight is 248 g/mol. The molecular weight excluding hydrogens is 228 g/mol. The van der Waals surface area contributed by atoms with Crippen LogP contribution in [-0.2, 0) is 4.74 Å². The SMILES string of the molecule is COC(=O)c1ccc(N2CCC(C)(N)CC2)cc1. The standard InChI is InChI=1S/C14H20N2O2/c1-14(15)7-9-16(10-8-14)12-5-3-11(4-6-12)13(17)18-2/h3-6H,7-10,15H2,1-2H3. The molecule has 0 atom stereocenters. The Labute approximate surface area is 108 Å². The zero-order chi connectivity index (χ0) is 13.2. The van der Waals surface area contributed by atoms with Crippen LogP contribution in [0.25, 0.3) is 0 Å². The quantitative estimate of drug-likeness (QED) is 0.811. The third-order valence-corrected chi connectivity index (χ3v) is 3.56. The van der Waals surface area contributed by atoms with Crippen molar-refractivity contribution in [1.82, 2.24) is 0 Å². The molecule has 1 aliphatic heterocycles. The van der Waals surface area contributed by atoms with E-state index in [-0.39, 0.29) is 11.5 Å². The number of carbonyl (C=O) groups excluding carboxylic acids is 1. The van der Waals surface area contributed by atoms with Crippen molar-refractivity contribution in [2.45, 2.75) is 25.3 Å². The Hall–Kier alpha value is -1.55. The van der Waals surface area contributed by atoms with Gasteiger partial charge in [-0.25, -0.2) is 4.79 Å². The Balaban J connectivity index is 2.04. The molecule has 2 N–H and O–H groups in total. The Morgan fingerprint density at radius 2 is 1.83 bits per heavy atom. The summed E-state index contributed by atoms with van der Waals surface area (Å²) in [5, 5.41) is 0. The molecule has 0 aliphatic carbocycles. The Morgan fingerprint density at radius 3 is 2.33 bits per heavy atom. The molecule has 1 heterocycles. The summed E-state index contributed by atoms with van der Waals surface area (Å²) in [6.45, 7) is 4.03. The van der Waals surface area contributed by atoms with Gasteiger partial charge in [0.25, 0.3) is 0 Å². The van der Waals surface area contributed by atoms with E-state index >= 15 is 0 Å². The number of hydrogen-bond acceptors (Lipinski definition) is 4. The molecule has 1 aromatic rings. The summed E-state index contributed by atoms with van der Waals surface area (Å²) < 4.78 is 4.68. The highest BCUT2D eigenvalue weighted by Gasteiger charge is 2.25. The average Bonchev–Trinajstić information content (AvgIpc) is 2.38. The van der Waals surface area contributed by atoms with Gasteiger partial charge in [0.15, 0.2) is 0 Å². The molecule has 18 heavy (non-hydrogen) atoms. The van der Waals surface area contributed by atoms with Gasteiger partial charge in [-0.1, -0.05) is 0 Å². The van der Waals surface area contributed by atoms with E-state index < -0.39 is 0 Å². The van der Waals surface area contributed by atoms with Crippen molar-refractivity contribution in [3.8, 4) is 0 Å². The normalized spacial score (nSPS) is 18.5. The van der Waals surface area contributed by atoms with Crippen molar-refractivity contribution in [1.29, 1.82) is 0 Å². The highest BCUT2D eigenvalue weighted by Crippen LogP contribution is 2.24. The van der Waals surface area contributed by atoms with E-state index in [9.17, 15) is 4.79 Å². The fourth-order valence-corrected chi connectivity index (χ4v) is 2.20. The predicted octanol–water partition coefficient (Wildman–Crippen LogP) is 1.79. The van der Waals surface area contributed by atoms with Crippen LogP contribution >= 0.6 is 0 Å². The molecule has 2 rings (SSSR count). The van der Waals surface area contributed by atoms with Gasteiger partial charge in [0.05, 0.1) is 12.7 Å². The van der Waals surface area contributed by atoms with Gasteiger partial charge in [0.2, 0.25) is 0 Å². The zero-order valence-electron chi connectivity index (χ0n) is 11.0. The number of ether oxygens (including phenoxy) is 1. The number of nitrogens with zero attached hydrogens (tertiary/aromatic N) is 1. The lowest BCUT2D eigenvalue weighted by Gasteiger charge is -2.38. The molecule has 0 bridgehead atoms. The highest BCUT2D eigenvalue weighted by atomic mass is 16.5. The summed E-state index contributed by atoms with van der Waals surface area (Å²) in [5.41, 5.74) is 7.80. The van der Waals surface area contributed by atoms with Crippen LogP contribution < -0.4 is 10.6 Å². The third kappa shape index (κ3) is 2.82. The minimum atomic E-state index is -0.297. The Kier molecular flexibility index (Phi) is 3.57. The minimum absolute atomic E-state index is 0.0392. The number of esters is 1. The first kappa shape index (κ1) is 12.9. The van der Waals surface area contributed by atoms with Crippen LogP contribution in [0.5, 0.6) is 0 Å². The highest BCUT2D eigenvalue weighted by molar-refractivity contribution is 5.89. The van der Waals surface area contributed by atoms with E-state index in [1.165, 1.54) is 7.11 Å². The summed E-state index contributed by atoms with van der Waals surface area (Å²) >= 11 is 0. The number of hydrogen-bond donors (Lipinski definition) is 1. The van der Waals surface area contributed by atoms with Crippen molar-refractivity contribution in [2.75, 3.05) is 25.1 Å². The number of methoxy groups -OCH3 is 1. The first-order chi connectivity index (χ1) is 8.52. The first-order valence-corrected chi connectivity index (χ1v) is 6.24. The van der Waals surface area contributed by atoms with Gasteiger partial charge >= 0.3 is 5.97 Å². The molecule has 0 unspecified atom stereocenters. The summed E-state index contributed by atoms with van der Waals surface area (Å²) in [6.07, 6.45) is 1.98. The smallest absolute Gasteiger partial charge is 0.337 e. The zero-order valence-corrected chi connectivity index (χ0v) is 11.0. The fraction of sp³-hybridized carbons (Fsp3) is 0.500. The van der Waals surface area contributed by atoms with Crippen LogP contribution in [0.2, 0.25) is 0 Å². The van der Waals surface area contributed by atoms with E-state index in [1.54, 1.807) is 12.1 Å². The molecule has 0 aromatic heterocycles. The minimum Gasteiger partial charge on any atom is -0.465 e. The summed E-state index contributed by atoms with van der Waals surface area (Å²) in [6, 6.07) is 7.53. The Morgan fingerprint density at radius 1 is 1.28 bits per heavy atom. The van der Waals surface area contributed by atoms with Crippen LogP contribution in [0.15, 0.2) is 24.3 Å². The van der Waals surface area contributed by atoms with Crippen LogP contribution in [0.4, 0.5) is 5.69 Å². The number of carbonyl (C=O) groups is 1. The van der Waals surface area contributed by atoms with E-state index in [1.807, 2.05) is 12.1 Å². The van der Waals surface area contributed by atoms with Gasteiger partial charge in [-0.15, -0.1) is 0 Å². The van der Waals surface area contributed by atoms with Crippen molar-refractivity contribution >= 4 is 11.7 Å². The maximum absolute atomic E-state index is 11.3. The summed E-state index contributed by atoms with van der Waals surface area (Å²) in [7, 11) is 1.39. The lowest BCUT2D eigenvalue weighted by Crippen LogP contribution is -2.48. The molecule has 4 heteroatoms. The maximum Gasteiger partial charge on any atom is 0.337 e. The van der Waals surface area contributed by atoms with E-state index in [0.717, 1.165) is 31.6 Å². The van der Waals surface area contributed by atoms with Crippen molar-refractivity contribution < 1.29 is 9.53 Å². The molecule has 4 nitrogen and oxygen atoms in total. The summed E-state index contributed by atoms with van der Waals surface area (Å²) in [4.78, 5) is 13.6. The molecule has 0 saturated carbocycles. The molecular formula is C14H20N2O2. The molecule has 1 saturated heterocycles. The van der Waals surface area contributed by atoms with Crippen molar-refractivity contribution in [3.63, 3.8) is 0 Å². The molecule has 98 valence electrons. The maximum atomic E-state index is 11.3. The number of anilines is 1. The van der Waals surface area contributed by atoms with Gasteiger partial charge in [-0.05, 0) is 44.0 Å². The fourth-order valence-electron chi connectivity index (χ4n) is 2.20. The van der Waals surface area contributed by atoms with Crippen molar-refractivity contribution in [2.24, 2.45) is 5.73 Å². The molecule has 1 aliphatic rings. The molecule has 1 fully saturated rings. The number of benzene rings is 1. The predicted molar refractivity (Wildman–Crippen MR) is 71.8 cm³/mol. The van der Waals surface area contributed by atoms with E-state index in [2.05, 4.69) is 16.6 Å². The van der Waals surface area contributed by atoms with Gasteiger partial charge in [-0.3, -0.25) is 0 Å². The van der Waals surface area contributed by atoms with Gasteiger partial charge in [0.1, 0.15) is 0 Å². The van der Waals surface area contributed by atoms with Crippen LogP contribution in [0.1, 0.15) is 30.1 Å². The van der Waals surface area contributed by atoms with Gasteiger partial charge in [0, 0.05) is 24.3 Å². The number of piperidine rings is 1. The van der Waals surface area contributed by atoms with Crippen LogP contribution in [0, 0.1) is 0 Å². The third-order valence-electron chi connectivity index (χ3n) is 3.56. The molecule has 0 amide bonds.